The molecule has 0 atom stereocenters. The second-order valence-electron chi connectivity index (χ2n) is 3.53. The van der Waals surface area contributed by atoms with Crippen molar-refractivity contribution in [2.24, 2.45) is 10.9 Å². The normalized spacial score (nSPS) is 12.1. The highest BCUT2D eigenvalue weighted by Gasteiger charge is 2.05. The van der Waals surface area contributed by atoms with E-state index >= 15 is 0 Å². The molecule has 0 saturated heterocycles. The van der Waals surface area contributed by atoms with E-state index in [2.05, 4.69) is 5.16 Å². The van der Waals surface area contributed by atoms with E-state index in [4.69, 9.17) is 22.5 Å². The zero-order valence-electron chi connectivity index (χ0n) is 8.74. The molecule has 0 aliphatic carbocycles. The summed E-state index contributed by atoms with van der Waals surface area (Å²) < 4.78 is 0. The second kappa shape index (κ2) is 5.00. The first-order chi connectivity index (χ1) is 7.04. The fourth-order valence-electron chi connectivity index (χ4n) is 1.23. The van der Waals surface area contributed by atoms with E-state index in [1.165, 1.54) is 0 Å². The molecule has 0 aliphatic heterocycles. The highest BCUT2D eigenvalue weighted by molar-refractivity contribution is 6.31. The average molecular weight is 228 g/mol. The van der Waals surface area contributed by atoms with E-state index in [-0.39, 0.29) is 5.84 Å². The van der Waals surface area contributed by atoms with Crippen molar-refractivity contribution in [2.75, 3.05) is 14.1 Å². The first-order valence-corrected chi connectivity index (χ1v) is 4.83. The van der Waals surface area contributed by atoms with Crippen LogP contribution in [0.1, 0.15) is 11.1 Å². The Morgan fingerprint density at radius 1 is 1.53 bits per heavy atom. The Morgan fingerprint density at radius 3 is 2.67 bits per heavy atom. The minimum absolute atomic E-state index is 0.0632. The molecule has 0 aromatic heterocycles. The molecular formula is C10H14ClN3O. The lowest BCUT2D eigenvalue weighted by atomic mass is 10.1. The van der Waals surface area contributed by atoms with Gasteiger partial charge in [-0.2, -0.15) is 0 Å². The maximum absolute atomic E-state index is 8.51. The second-order valence-corrected chi connectivity index (χ2v) is 3.94. The zero-order chi connectivity index (χ0) is 11.4. The lowest BCUT2D eigenvalue weighted by molar-refractivity contribution is 0.318. The fourth-order valence-corrected chi connectivity index (χ4v) is 1.47. The number of nitrogens with two attached hydrogens (primary N) is 1. The average Bonchev–Trinajstić information content (AvgIpc) is 2.19. The number of halogens is 1. The van der Waals surface area contributed by atoms with Crippen LogP contribution in [0.3, 0.4) is 0 Å². The number of rotatable bonds is 3. The van der Waals surface area contributed by atoms with E-state index < -0.39 is 0 Å². The Bertz CT molecular complexity index is 377. The van der Waals surface area contributed by atoms with Crippen molar-refractivity contribution in [1.82, 2.24) is 4.90 Å². The maximum Gasteiger partial charge on any atom is 0.170 e. The summed E-state index contributed by atoms with van der Waals surface area (Å²) in [5, 5.41) is 12.0. The van der Waals surface area contributed by atoms with E-state index in [0.717, 1.165) is 12.1 Å². The third-order valence-electron chi connectivity index (χ3n) is 1.94. The van der Waals surface area contributed by atoms with E-state index in [1.807, 2.05) is 25.1 Å². The van der Waals surface area contributed by atoms with Gasteiger partial charge in [-0.1, -0.05) is 28.9 Å². The van der Waals surface area contributed by atoms with Crippen LogP contribution in [-0.2, 0) is 6.54 Å². The third-order valence-corrected chi connectivity index (χ3v) is 2.29. The molecule has 0 saturated carbocycles. The molecule has 0 aliphatic rings. The van der Waals surface area contributed by atoms with Gasteiger partial charge in [-0.3, -0.25) is 0 Å². The topological polar surface area (TPSA) is 61.8 Å². The van der Waals surface area contributed by atoms with Gasteiger partial charge in [0.2, 0.25) is 0 Å². The SMILES string of the molecule is CN(C)Cc1ccc(/C(N)=N/O)cc1Cl. The van der Waals surface area contributed by atoms with Gasteiger partial charge in [0.05, 0.1) is 0 Å². The highest BCUT2D eigenvalue weighted by atomic mass is 35.5. The predicted molar refractivity (Wildman–Crippen MR) is 61.4 cm³/mol. The van der Waals surface area contributed by atoms with Crippen LogP contribution in [-0.4, -0.2) is 30.0 Å². The smallest absolute Gasteiger partial charge is 0.170 e. The molecule has 1 aromatic carbocycles. The van der Waals surface area contributed by atoms with Crippen LogP contribution >= 0.6 is 11.6 Å². The summed E-state index contributed by atoms with van der Waals surface area (Å²) in [6.45, 7) is 0.759. The van der Waals surface area contributed by atoms with E-state index in [9.17, 15) is 0 Å². The van der Waals surface area contributed by atoms with Gasteiger partial charge in [-0.25, -0.2) is 0 Å². The van der Waals surface area contributed by atoms with Crippen LogP contribution in [0, 0.1) is 0 Å². The first-order valence-electron chi connectivity index (χ1n) is 4.45. The molecule has 0 radical (unpaired) electrons. The molecule has 1 aromatic rings. The molecule has 0 amide bonds. The lowest BCUT2D eigenvalue weighted by Crippen LogP contribution is -2.14. The number of hydrogen-bond donors (Lipinski definition) is 2. The molecule has 0 unspecified atom stereocenters. The molecular weight excluding hydrogens is 214 g/mol. The quantitative estimate of drug-likeness (QED) is 0.356. The highest BCUT2D eigenvalue weighted by Crippen LogP contribution is 2.18. The van der Waals surface area contributed by atoms with Gasteiger partial charge in [-0.15, -0.1) is 0 Å². The molecule has 1 rings (SSSR count). The maximum atomic E-state index is 8.51. The van der Waals surface area contributed by atoms with Crippen molar-refractivity contribution in [2.45, 2.75) is 6.54 Å². The molecule has 0 spiro atoms. The van der Waals surface area contributed by atoms with Gasteiger partial charge in [0.25, 0.3) is 0 Å². The van der Waals surface area contributed by atoms with Gasteiger partial charge in [0, 0.05) is 17.1 Å². The Morgan fingerprint density at radius 2 is 2.20 bits per heavy atom. The largest absolute Gasteiger partial charge is 0.409 e. The summed E-state index contributed by atoms with van der Waals surface area (Å²) in [6.07, 6.45) is 0. The summed E-state index contributed by atoms with van der Waals surface area (Å²) in [5.41, 5.74) is 7.07. The van der Waals surface area contributed by atoms with Crippen molar-refractivity contribution >= 4 is 17.4 Å². The monoisotopic (exact) mass is 227 g/mol. The first kappa shape index (κ1) is 11.8. The van der Waals surface area contributed by atoms with Crippen molar-refractivity contribution < 1.29 is 5.21 Å². The summed E-state index contributed by atoms with van der Waals surface area (Å²) in [5.74, 6) is 0.0632. The van der Waals surface area contributed by atoms with Gasteiger partial charge in [-0.05, 0) is 25.7 Å². The Kier molecular flexibility index (Phi) is 3.94. The van der Waals surface area contributed by atoms with Crippen LogP contribution < -0.4 is 5.73 Å². The zero-order valence-corrected chi connectivity index (χ0v) is 9.49. The van der Waals surface area contributed by atoms with Crippen LogP contribution in [0.25, 0.3) is 0 Å². The standard InChI is InChI=1S/C10H14ClN3O/c1-14(2)6-8-4-3-7(5-9(8)11)10(12)13-15/h3-5,15H,6H2,1-2H3,(H2,12,13). The lowest BCUT2D eigenvalue weighted by Gasteiger charge is -2.11. The molecule has 5 heteroatoms. The molecule has 4 nitrogen and oxygen atoms in total. The van der Waals surface area contributed by atoms with Crippen LogP contribution in [0.5, 0.6) is 0 Å². The minimum atomic E-state index is 0.0632. The molecule has 3 N–H and O–H groups in total. The number of amidine groups is 1. The Hall–Kier alpha value is -1.26. The third kappa shape index (κ3) is 3.11. The Labute approximate surface area is 93.9 Å². The van der Waals surface area contributed by atoms with Crippen LogP contribution in [0.2, 0.25) is 5.02 Å². The van der Waals surface area contributed by atoms with Crippen molar-refractivity contribution in [3.8, 4) is 0 Å². The summed E-state index contributed by atoms with van der Waals surface area (Å²) in [6, 6.07) is 5.34. The number of nitrogens with zero attached hydrogens (tertiary/aromatic N) is 2. The molecule has 15 heavy (non-hydrogen) atoms. The van der Waals surface area contributed by atoms with Crippen molar-refractivity contribution in [3.05, 3.63) is 34.3 Å². The van der Waals surface area contributed by atoms with E-state index in [1.54, 1.807) is 12.1 Å². The predicted octanol–water partition coefficient (Wildman–Crippen LogP) is 1.50. The molecule has 82 valence electrons. The summed E-state index contributed by atoms with van der Waals surface area (Å²) in [4.78, 5) is 2.02. The number of benzene rings is 1. The Balaban J connectivity index is 2.98. The molecule has 0 fully saturated rings. The number of hydrogen-bond acceptors (Lipinski definition) is 3. The van der Waals surface area contributed by atoms with Gasteiger partial charge < -0.3 is 15.8 Å². The summed E-state index contributed by atoms with van der Waals surface area (Å²) >= 11 is 6.06. The van der Waals surface area contributed by atoms with Crippen molar-refractivity contribution in [1.29, 1.82) is 0 Å². The van der Waals surface area contributed by atoms with Gasteiger partial charge >= 0.3 is 0 Å². The van der Waals surface area contributed by atoms with Gasteiger partial charge in [0.1, 0.15) is 0 Å². The van der Waals surface area contributed by atoms with Gasteiger partial charge in [0.15, 0.2) is 5.84 Å². The number of oxime groups is 1. The summed E-state index contributed by atoms with van der Waals surface area (Å²) in [7, 11) is 3.93. The van der Waals surface area contributed by atoms with Crippen LogP contribution in [0.4, 0.5) is 0 Å². The minimum Gasteiger partial charge on any atom is -0.409 e. The fraction of sp³-hybridized carbons (Fsp3) is 0.300. The molecule has 0 heterocycles. The van der Waals surface area contributed by atoms with Crippen molar-refractivity contribution in [3.63, 3.8) is 0 Å². The van der Waals surface area contributed by atoms with Crippen LogP contribution in [0.15, 0.2) is 23.4 Å². The molecule has 0 bridgehead atoms. The van der Waals surface area contributed by atoms with E-state index in [0.29, 0.717) is 10.6 Å².